The average Bonchev–Trinajstić information content (AvgIpc) is 2.25. The number of allylic oxidation sites excluding steroid dienone is 2. The number of halogens is 1. The highest BCUT2D eigenvalue weighted by Crippen LogP contribution is 2.24. The lowest BCUT2D eigenvalue weighted by Gasteiger charge is -2.34. The van der Waals surface area contributed by atoms with Crippen molar-refractivity contribution >= 4 is 0 Å². The maximum atomic E-state index is 13.2. The lowest BCUT2D eigenvalue weighted by Crippen LogP contribution is -2.39. The molecule has 1 unspecified atom stereocenters. The van der Waals surface area contributed by atoms with Gasteiger partial charge in [0.25, 0.3) is 0 Å². The molecule has 0 aromatic carbocycles. The number of aliphatic hydroxyl groups is 1. The number of likely N-dealkylation sites (N-methyl/N-ethyl adjacent to an activating group) is 1. The van der Waals surface area contributed by atoms with Gasteiger partial charge in [-0.2, -0.15) is 0 Å². The maximum Gasteiger partial charge on any atom is 0.171 e. The van der Waals surface area contributed by atoms with Crippen molar-refractivity contribution < 1.29 is 9.50 Å². The number of nitrogens with two attached hydrogens (primary N) is 1. The van der Waals surface area contributed by atoms with Crippen molar-refractivity contribution in [1.82, 2.24) is 9.80 Å². The van der Waals surface area contributed by atoms with Crippen LogP contribution in [0.2, 0.25) is 0 Å². The third-order valence-corrected chi connectivity index (χ3v) is 2.85. The molecular formula is C11H16FN3O. The highest BCUT2D eigenvalue weighted by atomic mass is 19.1. The third kappa shape index (κ3) is 2.10. The molecule has 88 valence electrons. The van der Waals surface area contributed by atoms with Crippen LogP contribution in [-0.2, 0) is 0 Å². The largest absolute Gasteiger partial charge is 0.398 e. The number of nitrogens with zero attached hydrogens (tertiary/aromatic N) is 2. The molecule has 0 spiro atoms. The van der Waals surface area contributed by atoms with Crippen molar-refractivity contribution in [2.75, 3.05) is 20.1 Å². The second-order valence-electron chi connectivity index (χ2n) is 4.15. The van der Waals surface area contributed by atoms with Crippen LogP contribution in [0.1, 0.15) is 6.42 Å². The van der Waals surface area contributed by atoms with Crippen LogP contribution >= 0.6 is 0 Å². The molecule has 0 saturated heterocycles. The van der Waals surface area contributed by atoms with Crippen molar-refractivity contribution in [2.24, 2.45) is 5.73 Å². The van der Waals surface area contributed by atoms with Gasteiger partial charge in [0.05, 0.1) is 5.70 Å². The molecule has 1 atom stereocenters. The summed E-state index contributed by atoms with van der Waals surface area (Å²) >= 11 is 0. The fourth-order valence-electron chi connectivity index (χ4n) is 1.87. The van der Waals surface area contributed by atoms with Gasteiger partial charge in [-0.05, 0) is 13.1 Å². The van der Waals surface area contributed by atoms with E-state index in [1.165, 1.54) is 11.1 Å². The summed E-state index contributed by atoms with van der Waals surface area (Å²) in [5, 5.41) is 9.84. The van der Waals surface area contributed by atoms with Gasteiger partial charge in [0.15, 0.2) is 6.23 Å². The van der Waals surface area contributed by atoms with Crippen LogP contribution in [0, 0.1) is 0 Å². The van der Waals surface area contributed by atoms with Crippen LogP contribution < -0.4 is 5.73 Å². The fourth-order valence-corrected chi connectivity index (χ4v) is 1.87. The van der Waals surface area contributed by atoms with Crippen molar-refractivity contribution in [3.05, 3.63) is 35.6 Å². The smallest absolute Gasteiger partial charge is 0.171 e. The molecule has 2 aliphatic rings. The first-order valence-corrected chi connectivity index (χ1v) is 5.26. The molecule has 2 heterocycles. The Kier molecular flexibility index (Phi) is 2.98. The van der Waals surface area contributed by atoms with Gasteiger partial charge < -0.3 is 20.6 Å². The van der Waals surface area contributed by atoms with Crippen LogP contribution in [0.15, 0.2) is 35.6 Å². The normalized spacial score (nSPS) is 27.3. The number of rotatable bonds is 1. The van der Waals surface area contributed by atoms with E-state index >= 15 is 0 Å². The van der Waals surface area contributed by atoms with Gasteiger partial charge in [-0.25, -0.2) is 4.39 Å². The fraction of sp³-hybridized carbons (Fsp3) is 0.455. The standard InChI is InChI=1S/C11H16FN3O/c1-14-4-2-9(3-5-14)15-7-8(12)6-10(13)11(15)16/h2,6-7,11,16H,3-5,13H2,1H3. The molecular weight excluding hydrogens is 209 g/mol. The van der Waals surface area contributed by atoms with Crippen LogP contribution in [0.4, 0.5) is 4.39 Å². The Morgan fingerprint density at radius 1 is 1.56 bits per heavy atom. The summed E-state index contributed by atoms with van der Waals surface area (Å²) in [6.45, 7) is 1.70. The van der Waals surface area contributed by atoms with Crippen LogP contribution in [-0.4, -0.2) is 41.3 Å². The second-order valence-corrected chi connectivity index (χ2v) is 4.15. The minimum absolute atomic E-state index is 0.139. The van der Waals surface area contributed by atoms with E-state index in [0.29, 0.717) is 0 Å². The highest BCUT2D eigenvalue weighted by Gasteiger charge is 2.24. The van der Waals surface area contributed by atoms with E-state index < -0.39 is 12.1 Å². The molecule has 0 fully saturated rings. The summed E-state index contributed by atoms with van der Waals surface area (Å²) in [6, 6.07) is 0. The van der Waals surface area contributed by atoms with Gasteiger partial charge in [-0.1, -0.05) is 6.08 Å². The van der Waals surface area contributed by atoms with Crippen molar-refractivity contribution in [3.8, 4) is 0 Å². The number of hydrogen-bond acceptors (Lipinski definition) is 4. The Bertz CT molecular complexity index is 375. The van der Waals surface area contributed by atoms with E-state index in [1.807, 2.05) is 13.1 Å². The molecule has 0 aromatic rings. The van der Waals surface area contributed by atoms with Gasteiger partial charge in [0.1, 0.15) is 5.83 Å². The summed E-state index contributed by atoms with van der Waals surface area (Å²) in [4.78, 5) is 3.65. The summed E-state index contributed by atoms with van der Waals surface area (Å²) < 4.78 is 13.2. The zero-order chi connectivity index (χ0) is 11.7. The Hall–Kier alpha value is -1.33. The molecule has 3 N–H and O–H groups in total. The highest BCUT2D eigenvalue weighted by molar-refractivity contribution is 5.27. The minimum Gasteiger partial charge on any atom is -0.398 e. The first-order valence-electron chi connectivity index (χ1n) is 5.26. The Morgan fingerprint density at radius 3 is 2.94 bits per heavy atom. The molecule has 16 heavy (non-hydrogen) atoms. The summed E-state index contributed by atoms with van der Waals surface area (Å²) in [5.74, 6) is -0.428. The zero-order valence-corrected chi connectivity index (χ0v) is 9.23. The van der Waals surface area contributed by atoms with Crippen molar-refractivity contribution in [1.29, 1.82) is 0 Å². The first-order chi connectivity index (χ1) is 7.58. The summed E-state index contributed by atoms with van der Waals surface area (Å²) in [7, 11) is 2.02. The van der Waals surface area contributed by atoms with Gasteiger partial charge in [0.2, 0.25) is 0 Å². The maximum absolute atomic E-state index is 13.2. The monoisotopic (exact) mass is 225 g/mol. The van der Waals surface area contributed by atoms with E-state index in [2.05, 4.69) is 4.90 Å². The zero-order valence-electron chi connectivity index (χ0n) is 9.23. The second kappa shape index (κ2) is 4.27. The van der Waals surface area contributed by atoms with E-state index in [1.54, 1.807) is 0 Å². The molecule has 2 aliphatic heterocycles. The molecule has 0 aromatic heterocycles. The summed E-state index contributed by atoms with van der Waals surface area (Å²) in [5.41, 5.74) is 6.60. The predicted molar refractivity (Wildman–Crippen MR) is 59.5 cm³/mol. The van der Waals surface area contributed by atoms with E-state index in [-0.39, 0.29) is 5.70 Å². The first kappa shape index (κ1) is 11.2. The molecule has 0 amide bonds. The summed E-state index contributed by atoms with van der Waals surface area (Å²) in [6.07, 6.45) is 4.25. The number of hydrogen-bond donors (Lipinski definition) is 2. The van der Waals surface area contributed by atoms with E-state index in [0.717, 1.165) is 31.3 Å². The SMILES string of the molecule is CN1CC=C(N2C=C(F)C=C(N)C2O)CC1. The van der Waals surface area contributed by atoms with E-state index in [4.69, 9.17) is 5.73 Å². The average molecular weight is 225 g/mol. The number of aliphatic hydroxyl groups excluding tert-OH is 1. The van der Waals surface area contributed by atoms with Gasteiger partial charge in [-0.15, -0.1) is 0 Å². The minimum atomic E-state index is -0.950. The van der Waals surface area contributed by atoms with Crippen molar-refractivity contribution in [3.63, 3.8) is 0 Å². The van der Waals surface area contributed by atoms with Crippen molar-refractivity contribution in [2.45, 2.75) is 12.6 Å². The molecule has 0 radical (unpaired) electrons. The van der Waals surface area contributed by atoms with Crippen LogP contribution in [0.3, 0.4) is 0 Å². The molecule has 2 rings (SSSR count). The van der Waals surface area contributed by atoms with Crippen LogP contribution in [0.25, 0.3) is 0 Å². The van der Waals surface area contributed by atoms with E-state index in [9.17, 15) is 9.50 Å². The quantitative estimate of drug-likeness (QED) is 0.682. The van der Waals surface area contributed by atoms with Gasteiger partial charge in [-0.3, -0.25) is 0 Å². The van der Waals surface area contributed by atoms with Gasteiger partial charge in [0, 0.05) is 31.4 Å². The molecule has 0 aliphatic carbocycles. The molecule has 5 heteroatoms. The molecule has 0 saturated carbocycles. The molecule has 0 bridgehead atoms. The lowest BCUT2D eigenvalue weighted by molar-refractivity contribution is 0.0810. The van der Waals surface area contributed by atoms with Crippen LogP contribution in [0.5, 0.6) is 0 Å². The third-order valence-electron chi connectivity index (χ3n) is 2.85. The van der Waals surface area contributed by atoms with Gasteiger partial charge >= 0.3 is 0 Å². The Labute approximate surface area is 94.1 Å². The molecule has 4 nitrogen and oxygen atoms in total. The Balaban J connectivity index is 2.19. The lowest BCUT2D eigenvalue weighted by atomic mass is 10.1. The predicted octanol–water partition coefficient (Wildman–Crippen LogP) is 0.493. The topological polar surface area (TPSA) is 52.7 Å². The Morgan fingerprint density at radius 2 is 2.31 bits per heavy atom.